The summed E-state index contributed by atoms with van der Waals surface area (Å²) in [7, 11) is 3.62. The molecule has 0 spiro atoms. The van der Waals surface area contributed by atoms with Crippen molar-refractivity contribution in [3.05, 3.63) is 33.8 Å². The van der Waals surface area contributed by atoms with E-state index in [2.05, 4.69) is 19.2 Å². The van der Waals surface area contributed by atoms with Crippen LogP contribution in [0.4, 0.5) is 0 Å². The molecule has 0 heterocycles. The quantitative estimate of drug-likeness (QED) is 0.875. The SMILES string of the molecule is CNC(CC(C)(C)OC)c1cccc(Cl)c1Cl. The summed E-state index contributed by atoms with van der Waals surface area (Å²) in [5.41, 5.74) is 0.797. The van der Waals surface area contributed by atoms with Crippen molar-refractivity contribution in [2.24, 2.45) is 0 Å². The molecule has 96 valence electrons. The third-order valence-electron chi connectivity index (χ3n) is 2.95. The van der Waals surface area contributed by atoms with Crippen LogP contribution in [0, 0.1) is 0 Å². The number of hydrogen-bond acceptors (Lipinski definition) is 2. The Balaban J connectivity index is 2.98. The number of rotatable bonds is 5. The first-order valence-corrected chi connectivity index (χ1v) is 6.33. The third kappa shape index (κ3) is 3.85. The predicted octanol–water partition coefficient (Wildman–Crippen LogP) is 4.07. The zero-order chi connectivity index (χ0) is 13.1. The molecule has 0 aliphatic carbocycles. The zero-order valence-electron chi connectivity index (χ0n) is 10.7. The summed E-state index contributed by atoms with van der Waals surface area (Å²) in [5.74, 6) is 0. The summed E-state index contributed by atoms with van der Waals surface area (Å²) < 4.78 is 5.45. The second-order valence-electron chi connectivity index (χ2n) is 4.65. The maximum atomic E-state index is 6.23. The molecule has 1 N–H and O–H groups in total. The Morgan fingerprint density at radius 1 is 1.35 bits per heavy atom. The number of hydrogen-bond donors (Lipinski definition) is 1. The molecule has 0 amide bonds. The molecule has 0 saturated heterocycles. The van der Waals surface area contributed by atoms with E-state index in [1.54, 1.807) is 13.2 Å². The van der Waals surface area contributed by atoms with Gasteiger partial charge in [-0.2, -0.15) is 0 Å². The molecule has 1 rings (SSSR count). The Morgan fingerprint density at radius 2 is 2.00 bits per heavy atom. The molecule has 0 aliphatic heterocycles. The molecule has 17 heavy (non-hydrogen) atoms. The molecule has 0 bridgehead atoms. The first-order valence-electron chi connectivity index (χ1n) is 5.57. The van der Waals surface area contributed by atoms with Crippen LogP contribution < -0.4 is 5.32 Å². The van der Waals surface area contributed by atoms with Gasteiger partial charge in [0.1, 0.15) is 0 Å². The van der Waals surface area contributed by atoms with Crippen molar-refractivity contribution in [1.82, 2.24) is 5.32 Å². The van der Waals surface area contributed by atoms with Gasteiger partial charge in [-0.1, -0.05) is 35.3 Å². The highest BCUT2D eigenvalue weighted by molar-refractivity contribution is 6.42. The Kier molecular flexibility index (Phi) is 5.26. The van der Waals surface area contributed by atoms with Crippen molar-refractivity contribution < 1.29 is 4.74 Å². The topological polar surface area (TPSA) is 21.3 Å². The molecule has 1 unspecified atom stereocenters. The van der Waals surface area contributed by atoms with E-state index in [0.29, 0.717) is 10.0 Å². The lowest BCUT2D eigenvalue weighted by Gasteiger charge is -2.29. The van der Waals surface area contributed by atoms with E-state index in [4.69, 9.17) is 27.9 Å². The van der Waals surface area contributed by atoms with Gasteiger partial charge in [0, 0.05) is 13.2 Å². The van der Waals surface area contributed by atoms with Crippen LogP contribution in [-0.2, 0) is 4.74 Å². The zero-order valence-corrected chi connectivity index (χ0v) is 12.2. The second-order valence-corrected chi connectivity index (χ2v) is 5.44. The van der Waals surface area contributed by atoms with Crippen molar-refractivity contribution in [2.45, 2.75) is 31.9 Å². The molecular formula is C13H19Cl2NO. The van der Waals surface area contributed by atoms with E-state index in [1.165, 1.54) is 0 Å². The van der Waals surface area contributed by atoms with Crippen LogP contribution in [0.1, 0.15) is 31.9 Å². The maximum absolute atomic E-state index is 6.23. The fourth-order valence-corrected chi connectivity index (χ4v) is 2.17. The van der Waals surface area contributed by atoms with Gasteiger partial charge in [-0.15, -0.1) is 0 Å². The van der Waals surface area contributed by atoms with E-state index < -0.39 is 0 Å². The fraction of sp³-hybridized carbons (Fsp3) is 0.538. The molecule has 4 heteroatoms. The highest BCUT2D eigenvalue weighted by Crippen LogP contribution is 2.34. The number of benzene rings is 1. The van der Waals surface area contributed by atoms with Crippen molar-refractivity contribution in [1.29, 1.82) is 0 Å². The van der Waals surface area contributed by atoms with Crippen LogP contribution in [0.5, 0.6) is 0 Å². The number of halogens is 2. The standard InChI is InChI=1S/C13H19Cl2NO/c1-13(2,17-4)8-11(16-3)9-6-5-7-10(14)12(9)15/h5-7,11,16H,8H2,1-4H3. The highest BCUT2D eigenvalue weighted by atomic mass is 35.5. The predicted molar refractivity (Wildman–Crippen MR) is 74.0 cm³/mol. The normalized spacial score (nSPS) is 13.8. The highest BCUT2D eigenvalue weighted by Gasteiger charge is 2.24. The fourth-order valence-electron chi connectivity index (χ4n) is 1.73. The van der Waals surface area contributed by atoms with Gasteiger partial charge in [-0.3, -0.25) is 0 Å². The Morgan fingerprint density at radius 3 is 2.53 bits per heavy atom. The van der Waals surface area contributed by atoms with E-state index in [-0.39, 0.29) is 11.6 Å². The average Bonchev–Trinajstić information content (AvgIpc) is 2.30. The summed E-state index contributed by atoms with van der Waals surface area (Å²) in [6.07, 6.45) is 0.820. The van der Waals surface area contributed by atoms with Crippen LogP contribution in [0.3, 0.4) is 0 Å². The minimum Gasteiger partial charge on any atom is -0.379 e. The molecule has 1 aromatic carbocycles. The van der Waals surface area contributed by atoms with Gasteiger partial charge in [0.2, 0.25) is 0 Å². The van der Waals surface area contributed by atoms with Crippen molar-refractivity contribution in [3.63, 3.8) is 0 Å². The van der Waals surface area contributed by atoms with E-state index >= 15 is 0 Å². The molecule has 0 fully saturated rings. The third-order valence-corrected chi connectivity index (χ3v) is 3.79. The van der Waals surface area contributed by atoms with Gasteiger partial charge in [0.25, 0.3) is 0 Å². The monoisotopic (exact) mass is 275 g/mol. The summed E-state index contributed by atoms with van der Waals surface area (Å²) in [6, 6.07) is 5.81. The van der Waals surface area contributed by atoms with Gasteiger partial charge < -0.3 is 10.1 Å². The first kappa shape index (κ1) is 14.8. The van der Waals surface area contributed by atoms with Crippen LogP contribution in [0.25, 0.3) is 0 Å². The number of methoxy groups -OCH3 is 1. The maximum Gasteiger partial charge on any atom is 0.0640 e. The minimum absolute atomic E-state index is 0.121. The van der Waals surface area contributed by atoms with Crippen LogP contribution in [0.2, 0.25) is 10.0 Å². The van der Waals surface area contributed by atoms with E-state index in [1.807, 2.05) is 19.2 Å². The minimum atomic E-state index is -0.209. The van der Waals surface area contributed by atoms with Gasteiger partial charge >= 0.3 is 0 Å². The van der Waals surface area contributed by atoms with Crippen LogP contribution in [0.15, 0.2) is 18.2 Å². The molecule has 0 saturated carbocycles. The van der Waals surface area contributed by atoms with Crippen molar-refractivity contribution in [3.8, 4) is 0 Å². The molecule has 0 radical (unpaired) electrons. The Labute approximate surface area is 113 Å². The lowest BCUT2D eigenvalue weighted by Crippen LogP contribution is -2.30. The molecular weight excluding hydrogens is 257 g/mol. The van der Waals surface area contributed by atoms with Gasteiger partial charge in [-0.05, 0) is 38.9 Å². The molecule has 1 aromatic rings. The van der Waals surface area contributed by atoms with Gasteiger partial charge in [-0.25, -0.2) is 0 Å². The summed E-state index contributed by atoms with van der Waals surface area (Å²) in [4.78, 5) is 0. The van der Waals surface area contributed by atoms with Gasteiger partial charge in [0.15, 0.2) is 0 Å². The Hall–Kier alpha value is -0.280. The lowest BCUT2D eigenvalue weighted by molar-refractivity contribution is 0.00745. The average molecular weight is 276 g/mol. The summed E-state index contributed by atoms with van der Waals surface area (Å²) >= 11 is 12.3. The Bertz CT molecular complexity index is 380. The van der Waals surface area contributed by atoms with Crippen LogP contribution in [-0.4, -0.2) is 19.8 Å². The molecule has 0 aromatic heterocycles. The van der Waals surface area contributed by atoms with Crippen molar-refractivity contribution >= 4 is 23.2 Å². The van der Waals surface area contributed by atoms with Gasteiger partial charge in [0.05, 0.1) is 15.6 Å². The number of nitrogens with one attached hydrogen (secondary N) is 1. The molecule has 2 nitrogen and oxygen atoms in total. The van der Waals surface area contributed by atoms with E-state index in [0.717, 1.165) is 12.0 Å². The lowest BCUT2D eigenvalue weighted by atomic mass is 9.93. The summed E-state index contributed by atoms with van der Waals surface area (Å²) in [5, 5.41) is 4.45. The van der Waals surface area contributed by atoms with Crippen LogP contribution >= 0.6 is 23.2 Å². The first-order chi connectivity index (χ1) is 7.91. The second kappa shape index (κ2) is 6.05. The van der Waals surface area contributed by atoms with Crippen molar-refractivity contribution in [2.75, 3.05) is 14.2 Å². The molecule has 0 aliphatic rings. The van der Waals surface area contributed by atoms with E-state index in [9.17, 15) is 0 Å². The largest absolute Gasteiger partial charge is 0.379 e. The summed E-state index contributed by atoms with van der Waals surface area (Å²) in [6.45, 7) is 4.10. The molecule has 1 atom stereocenters. The smallest absolute Gasteiger partial charge is 0.0640 e. The number of ether oxygens (including phenoxy) is 1.